The number of hydrogen-bond acceptors (Lipinski definition) is 6. The Balaban J connectivity index is 2.04. The highest BCUT2D eigenvalue weighted by molar-refractivity contribution is 5.87. The molecule has 0 aromatic heterocycles. The molecule has 19 heavy (non-hydrogen) atoms. The van der Waals surface area contributed by atoms with Gasteiger partial charge in [-0.2, -0.15) is 0 Å². The van der Waals surface area contributed by atoms with Crippen molar-refractivity contribution in [1.82, 2.24) is 0 Å². The van der Waals surface area contributed by atoms with E-state index < -0.39 is 12.1 Å². The van der Waals surface area contributed by atoms with Crippen molar-refractivity contribution >= 4 is 5.97 Å². The molecule has 2 heterocycles. The van der Waals surface area contributed by atoms with Crippen LogP contribution >= 0.6 is 0 Å². The lowest BCUT2D eigenvalue weighted by Crippen LogP contribution is -2.44. The molecule has 2 saturated heterocycles. The van der Waals surface area contributed by atoms with Crippen LogP contribution in [-0.4, -0.2) is 50.1 Å². The van der Waals surface area contributed by atoms with E-state index in [4.69, 9.17) is 23.7 Å². The number of carbonyl (C=O) groups excluding carboxylic acids is 1. The molecule has 0 saturated carbocycles. The van der Waals surface area contributed by atoms with Gasteiger partial charge in [0.15, 0.2) is 18.7 Å². The van der Waals surface area contributed by atoms with Crippen LogP contribution in [0, 0.1) is 0 Å². The van der Waals surface area contributed by atoms with Gasteiger partial charge >= 0.3 is 5.97 Å². The van der Waals surface area contributed by atoms with Gasteiger partial charge in [0.1, 0.15) is 12.2 Å². The molecule has 0 amide bonds. The highest BCUT2D eigenvalue weighted by atomic mass is 16.8. The number of esters is 1. The van der Waals surface area contributed by atoms with Gasteiger partial charge in [0.05, 0.1) is 13.2 Å². The summed E-state index contributed by atoms with van der Waals surface area (Å²) in [6.07, 6.45) is -1.87. The summed E-state index contributed by atoms with van der Waals surface area (Å²) in [5, 5.41) is 0. The van der Waals surface area contributed by atoms with Gasteiger partial charge in [-0.25, -0.2) is 4.79 Å². The Labute approximate surface area is 112 Å². The molecular weight excluding hydrogens is 252 g/mol. The van der Waals surface area contributed by atoms with Crippen molar-refractivity contribution in [3.05, 3.63) is 12.2 Å². The van der Waals surface area contributed by atoms with Crippen molar-refractivity contribution in [3.63, 3.8) is 0 Å². The first-order chi connectivity index (χ1) is 8.97. The van der Waals surface area contributed by atoms with Crippen LogP contribution in [0.1, 0.15) is 20.8 Å². The Morgan fingerprint density at radius 3 is 1.95 bits per heavy atom. The first-order valence-electron chi connectivity index (χ1n) is 6.38. The van der Waals surface area contributed by atoms with Crippen molar-refractivity contribution in [2.24, 2.45) is 0 Å². The van der Waals surface area contributed by atoms with Gasteiger partial charge in [-0.15, -0.1) is 0 Å². The Bertz CT molecular complexity index is 335. The number of ether oxygens (including phenoxy) is 5. The maximum absolute atomic E-state index is 11.7. The summed E-state index contributed by atoms with van der Waals surface area (Å²) < 4.78 is 27.3. The second kappa shape index (κ2) is 6.00. The van der Waals surface area contributed by atoms with E-state index in [0.29, 0.717) is 18.8 Å². The van der Waals surface area contributed by atoms with E-state index in [9.17, 15) is 4.79 Å². The zero-order chi connectivity index (χ0) is 14.0. The fourth-order valence-electron chi connectivity index (χ4n) is 2.07. The van der Waals surface area contributed by atoms with Crippen LogP contribution in [0.3, 0.4) is 0 Å². The monoisotopic (exact) mass is 272 g/mol. The first kappa shape index (κ1) is 14.5. The van der Waals surface area contributed by atoms with E-state index in [1.807, 2.05) is 0 Å². The van der Waals surface area contributed by atoms with Crippen molar-refractivity contribution < 1.29 is 28.5 Å². The van der Waals surface area contributed by atoms with Crippen LogP contribution in [0.5, 0.6) is 0 Å². The molecule has 4 atom stereocenters. The van der Waals surface area contributed by atoms with Crippen LogP contribution < -0.4 is 0 Å². The molecule has 2 aliphatic rings. The number of hydrogen-bond donors (Lipinski definition) is 0. The quantitative estimate of drug-likeness (QED) is 0.562. The SMILES string of the molecule is C=C(C)C(=O)OC(C1COC(C)O1)C1COC(C)O1. The lowest BCUT2D eigenvalue weighted by atomic mass is 10.1. The van der Waals surface area contributed by atoms with Crippen molar-refractivity contribution in [1.29, 1.82) is 0 Å². The molecule has 6 nitrogen and oxygen atoms in total. The predicted octanol–water partition coefficient (Wildman–Crippen LogP) is 0.997. The predicted molar refractivity (Wildman–Crippen MR) is 65.3 cm³/mol. The summed E-state index contributed by atoms with van der Waals surface area (Å²) in [4.78, 5) is 11.7. The molecular formula is C13H20O6. The van der Waals surface area contributed by atoms with E-state index in [1.165, 1.54) is 0 Å². The first-order valence-corrected chi connectivity index (χ1v) is 6.38. The van der Waals surface area contributed by atoms with Gasteiger partial charge in [0.25, 0.3) is 0 Å². The van der Waals surface area contributed by atoms with Crippen LogP contribution in [0.4, 0.5) is 0 Å². The number of carbonyl (C=O) groups is 1. The van der Waals surface area contributed by atoms with Crippen molar-refractivity contribution in [2.75, 3.05) is 13.2 Å². The molecule has 6 heteroatoms. The molecule has 0 radical (unpaired) electrons. The summed E-state index contributed by atoms with van der Waals surface area (Å²) in [7, 11) is 0. The van der Waals surface area contributed by atoms with Crippen molar-refractivity contribution in [2.45, 2.75) is 51.7 Å². The summed E-state index contributed by atoms with van der Waals surface area (Å²) in [5.41, 5.74) is 0.337. The zero-order valence-electron chi connectivity index (χ0n) is 11.5. The van der Waals surface area contributed by atoms with Gasteiger partial charge in [-0.05, 0) is 20.8 Å². The maximum atomic E-state index is 11.7. The van der Waals surface area contributed by atoms with E-state index >= 15 is 0 Å². The van der Waals surface area contributed by atoms with E-state index in [2.05, 4.69) is 6.58 Å². The topological polar surface area (TPSA) is 63.2 Å². The zero-order valence-corrected chi connectivity index (χ0v) is 11.5. The van der Waals surface area contributed by atoms with Crippen LogP contribution in [0.2, 0.25) is 0 Å². The fraction of sp³-hybridized carbons (Fsp3) is 0.769. The molecule has 0 N–H and O–H groups in total. The van der Waals surface area contributed by atoms with Gasteiger partial charge in [0.2, 0.25) is 0 Å². The highest BCUT2D eigenvalue weighted by Gasteiger charge is 2.42. The second-order valence-corrected chi connectivity index (χ2v) is 4.80. The molecule has 2 rings (SSSR count). The standard InChI is InChI=1S/C13H20O6/c1-7(2)13(14)19-12(10-5-15-8(3)17-10)11-6-16-9(4)18-11/h8-12H,1,5-6H2,2-4H3. The van der Waals surface area contributed by atoms with Gasteiger partial charge < -0.3 is 23.7 Å². The van der Waals surface area contributed by atoms with E-state index in [-0.39, 0.29) is 24.8 Å². The molecule has 0 bridgehead atoms. The average molecular weight is 272 g/mol. The van der Waals surface area contributed by atoms with E-state index in [0.717, 1.165) is 0 Å². The molecule has 2 aliphatic heterocycles. The summed E-state index contributed by atoms with van der Waals surface area (Å²) in [6.45, 7) is 9.50. The highest BCUT2D eigenvalue weighted by Crippen LogP contribution is 2.25. The third-order valence-electron chi connectivity index (χ3n) is 3.05. The Kier molecular flexibility index (Phi) is 4.57. The molecule has 2 fully saturated rings. The summed E-state index contributed by atoms with van der Waals surface area (Å²) in [6, 6.07) is 0. The molecule has 0 aromatic rings. The molecule has 0 spiro atoms. The maximum Gasteiger partial charge on any atom is 0.333 e. The Morgan fingerprint density at radius 2 is 1.63 bits per heavy atom. The minimum Gasteiger partial charge on any atom is -0.453 e. The van der Waals surface area contributed by atoms with Crippen LogP contribution in [0.25, 0.3) is 0 Å². The molecule has 0 aliphatic carbocycles. The molecule has 0 aromatic carbocycles. The minimum atomic E-state index is -0.556. The van der Waals surface area contributed by atoms with E-state index in [1.54, 1.807) is 20.8 Å². The summed E-state index contributed by atoms with van der Waals surface area (Å²) >= 11 is 0. The lowest BCUT2D eigenvalue weighted by molar-refractivity contribution is -0.166. The third-order valence-corrected chi connectivity index (χ3v) is 3.05. The smallest absolute Gasteiger partial charge is 0.333 e. The van der Waals surface area contributed by atoms with Crippen molar-refractivity contribution in [3.8, 4) is 0 Å². The minimum absolute atomic E-state index is 0.309. The van der Waals surface area contributed by atoms with Gasteiger partial charge in [0, 0.05) is 5.57 Å². The lowest BCUT2D eigenvalue weighted by Gasteiger charge is -2.26. The Hall–Kier alpha value is -0.950. The van der Waals surface area contributed by atoms with Crippen LogP contribution in [-0.2, 0) is 28.5 Å². The fourth-order valence-corrected chi connectivity index (χ4v) is 2.07. The van der Waals surface area contributed by atoms with Gasteiger partial charge in [-0.1, -0.05) is 6.58 Å². The molecule has 108 valence electrons. The second-order valence-electron chi connectivity index (χ2n) is 4.80. The van der Waals surface area contributed by atoms with Gasteiger partial charge in [-0.3, -0.25) is 0 Å². The summed E-state index contributed by atoms with van der Waals surface area (Å²) in [5.74, 6) is -0.462. The third kappa shape index (κ3) is 3.54. The average Bonchev–Trinajstić information content (AvgIpc) is 2.94. The normalized spacial score (nSPS) is 36.2. The molecule has 4 unspecified atom stereocenters. The van der Waals surface area contributed by atoms with Crippen LogP contribution in [0.15, 0.2) is 12.2 Å². The Morgan fingerprint density at radius 1 is 1.16 bits per heavy atom. The number of rotatable bonds is 4. The largest absolute Gasteiger partial charge is 0.453 e.